The monoisotopic (exact) mass is 370 g/mol. The van der Waals surface area contributed by atoms with Gasteiger partial charge in [-0.1, -0.05) is 18.7 Å². The zero-order valence-corrected chi connectivity index (χ0v) is 14.5. The highest BCUT2D eigenvalue weighted by molar-refractivity contribution is 9.10. The van der Waals surface area contributed by atoms with E-state index < -0.39 is 0 Å². The summed E-state index contributed by atoms with van der Waals surface area (Å²) in [4.78, 5) is 13.3. The number of nitrogens with one attached hydrogen (secondary N) is 1. The molecule has 0 radical (unpaired) electrons. The SMILES string of the molecule is CCCNc1cc(Sc2ncccc2Br)nc(SC)n1. The number of halogens is 1. The predicted octanol–water partition coefficient (Wildman–Crippen LogP) is 4.33. The van der Waals surface area contributed by atoms with E-state index in [1.54, 1.807) is 6.20 Å². The Morgan fingerprint density at radius 2 is 2.20 bits per heavy atom. The van der Waals surface area contributed by atoms with E-state index in [0.29, 0.717) is 0 Å². The lowest BCUT2D eigenvalue weighted by Crippen LogP contribution is -2.03. The minimum atomic E-state index is 0.764. The maximum absolute atomic E-state index is 4.51. The van der Waals surface area contributed by atoms with Crippen molar-refractivity contribution in [2.45, 2.75) is 28.6 Å². The number of nitrogens with zero attached hydrogens (tertiary/aromatic N) is 3. The van der Waals surface area contributed by atoms with Crippen molar-refractivity contribution in [2.75, 3.05) is 18.1 Å². The zero-order valence-electron chi connectivity index (χ0n) is 11.3. The third-order valence-electron chi connectivity index (χ3n) is 2.35. The van der Waals surface area contributed by atoms with Gasteiger partial charge in [0.05, 0.1) is 4.47 Å². The molecule has 0 aliphatic rings. The molecule has 0 saturated carbocycles. The summed E-state index contributed by atoms with van der Waals surface area (Å²) in [6.45, 7) is 3.03. The molecule has 0 fully saturated rings. The molecule has 2 heterocycles. The largest absolute Gasteiger partial charge is 0.370 e. The molecule has 0 aliphatic heterocycles. The average molecular weight is 371 g/mol. The van der Waals surface area contributed by atoms with Crippen LogP contribution in [-0.2, 0) is 0 Å². The molecule has 7 heteroatoms. The summed E-state index contributed by atoms with van der Waals surface area (Å²) in [6, 6.07) is 5.83. The van der Waals surface area contributed by atoms with Crippen molar-refractivity contribution < 1.29 is 0 Å². The molecule has 0 saturated heterocycles. The summed E-state index contributed by atoms with van der Waals surface area (Å²) in [5, 5.41) is 5.86. The molecule has 20 heavy (non-hydrogen) atoms. The van der Waals surface area contributed by atoms with Crippen LogP contribution in [0.5, 0.6) is 0 Å². The molecular weight excluding hydrogens is 356 g/mol. The molecule has 0 aliphatic carbocycles. The second kappa shape index (κ2) is 7.85. The van der Waals surface area contributed by atoms with Crippen LogP contribution in [0.3, 0.4) is 0 Å². The fourth-order valence-electron chi connectivity index (χ4n) is 1.44. The van der Waals surface area contributed by atoms with Crippen LogP contribution in [0.2, 0.25) is 0 Å². The lowest BCUT2D eigenvalue weighted by atomic mass is 10.4. The summed E-state index contributed by atoms with van der Waals surface area (Å²) in [6.07, 6.45) is 4.82. The highest BCUT2D eigenvalue weighted by Crippen LogP contribution is 2.32. The fourth-order valence-corrected chi connectivity index (χ4v) is 3.15. The normalized spacial score (nSPS) is 10.6. The van der Waals surface area contributed by atoms with Crippen molar-refractivity contribution in [1.82, 2.24) is 15.0 Å². The second-order valence-electron chi connectivity index (χ2n) is 3.90. The predicted molar refractivity (Wildman–Crippen MR) is 88.7 cm³/mol. The van der Waals surface area contributed by atoms with Gasteiger partial charge in [-0.2, -0.15) is 0 Å². The van der Waals surface area contributed by atoms with E-state index in [4.69, 9.17) is 0 Å². The standard InChI is InChI=1S/C13H15BrN4S2/c1-3-6-15-10-8-11(18-13(17-10)19-2)20-12-9(14)5-4-7-16-12/h4-5,7-8H,3,6H2,1-2H3,(H,15,17,18). The van der Waals surface area contributed by atoms with E-state index in [1.807, 2.05) is 24.5 Å². The molecule has 0 aromatic carbocycles. The van der Waals surface area contributed by atoms with E-state index in [2.05, 4.69) is 43.1 Å². The van der Waals surface area contributed by atoms with E-state index >= 15 is 0 Å². The molecule has 106 valence electrons. The highest BCUT2D eigenvalue weighted by atomic mass is 79.9. The van der Waals surface area contributed by atoms with E-state index in [1.165, 1.54) is 23.5 Å². The summed E-state index contributed by atoms with van der Waals surface area (Å²) in [5.74, 6) is 0.862. The Balaban J connectivity index is 2.24. The molecule has 0 unspecified atom stereocenters. The molecule has 0 amide bonds. The van der Waals surface area contributed by atoms with Gasteiger partial charge in [0.25, 0.3) is 0 Å². The summed E-state index contributed by atoms with van der Waals surface area (Å²) < 4.78 is 0.970. The maximum atomic E-state index is 4.51. The Bertz CT molecular complexity index is 580. The van der Waals surface area contributed by atoms with Crippen molar-refractivity contribution in [3.05, 3.63) is 28.9 Å². The molecule has 4 nitrogen and oxygen atoms in total. The topological polar surface area (TPSA) is 50.7 Å². The molecular formula is C13H15BrN4S2. The van der Waals surface area contributed by atoms with E-state index in [0.717, 1.165) is 38.5 Å². The van der Waals surface area contributed by atoms with Gasteiger partial charge >= 0.3 is 0 Å². The van der Waals surface area contributed by atoms with Crippen LogP contribution in [0, 0.1) is 0 Å². The minimum absolute atomic E-state index is 0.764. The fraction of sp³-hybridized carbons (Fsp3) is 0.308. The van der Waals surface area contributed by atoms with Gasteiger partial charge in [-0.25, -0.2) is 15.0 Å². The molecule has 0 bridgehead atoms. The Morgan fingerprint density at radius 3 is 2.90 bits per heavy atom. The van der Waals surface area contributed by atoms with Gasteiger partial charge in [-0.3, -0.25) is 0 Å². The maximum Gasteiger partial charge on any atom is 0.190 e. The molecule has 1 N–H and O–H groups in total. The first-order valence-electron chi connectivity index (χ1n) is 6.18. The van der Waals surface area contributed by atoms with Crippen molar-refractivity contribution in [1.29, 1.82) is 0 Å². The van der Waals surface area contributed by atoms with E-state index in [-0.39, 0.29) is 0 Å². The van der Waals surface area contributed by atoms with Gasteiger partial charge in [-0.05, 0) is 52.5 Å². The second-order valence-corrected chi connectivity index (χ2v) is 6.53. The lowest BCUT2D eigenvalue weighted by Gasteiger charge is -2.08. The Labute approximate surface area is 135 Å². The molecule has 2 aromatic heterocycles. The first-order valence-corrected chi connectivity index (χ1v) is 9.01. The third kappa shape index (κ3) is 4.36. The summed E-state index contributed by atoms with van der Waals surface area (Å²) in [7, 11) is 0. The van der Waals surface area contributed by atoms with Crippen molar-refractivity contribution in [3.8, 4) is 0 Å². The van der Waals surface area contributed by atoms with Crippen molar-refractivity contribution in [3.63, 3.8) is 0 Å². The smallest absolute Gasteiger partial charge is 0.190 e. The Hall–Kier alpha value is -0.790. The number of hydrogen-bond donors (Lipinski definition) is 1. The van der Waals surface area contributed by atoms with E-state index in [9.17, 15) is 0 Å². The third-order valence-corrected chi connectivity index (χ3v) is 4.73. The van der Waals surface area contributed by atoms with Gasteiger partial charge in [0.1, 0.15) is 15.9 Å². The first kappa shape index (κ1) is 15.6. The Kier molecular flexibility index (Phi) is 6.12. The van der Waals surface area contributed by atoms with Gasteiger partial charge < -0.3 is 5.32 Å². The van der Waals surface area contributed by atoms with Crippen LogP contribution in [-0.4, -0.2) is 27.8 Å². The molecule has 2 rings (SSSR count). The van der Waals surface area contributed by atoms with Crippen molar-refractivity contribution in [2.24, 2.45) is 0 Å². The highest BCUT2D eigenvalue weighted by Gasteiger charge is 2.08. The number of rotatable bonds is 6. The van der Waals surface area contributed by atoms with Gasteiger partial charge in [0.2, 0.25) is 0 Å². The zero-order chi connectivity index (χ0) is 14.4. The molecule has 0 atom stereocenters. The van der Waals surface area contributed by atoms with Crippen molar-refractivity contribution >= 4 is 45.3 Å². The van der Waals surface area contributed by atoms with Gasteiger partial charge in [0, 0.05) is 18.8 Å². The lowest BCUT2D eigenvalue weighted by molar-refractivity contribution is 0.877. The quantitative estimate of drug-likeness (QED) is 0.463. The molecule has 2 aromatic rings. The average Bonchev–Trinajstić information content (AvgIpc) is 2.47. The Morgan fingerprint density at radius 1 is 1.35 bits per heavy atom. The number of thioether (sulfide) groups is 1. The first-order chi connectivity index (χ1) is 9.72. The van der Waals surface area contributed by atoms with Crippen LogP contribution in [0.4, 0.5) is 5.82 Å². The number of hydrogen-bond acceptors (Lipinski definition) is 6. The number of anilines is 1. The summed E-state index contributed by atoms with van der Waals surface area (Å²) >= 11 is 6.57. The van der Waals surface area contributed by atoms with Gasteiger partial charge in [-0.15, -0.1) is 0 Å². The summed E-state index contributed by atoms with van der Waals surface area (Å²) in [5.41, 5.74) is 0. The van der Waals surface area contributed by atoms with Crippen LogP contribution in [0.1, 0.15) is 13.3 Å². The number of aromatic nitrogens is 3. The molecule has 0 spiro atoms. The van der Waals surface area contributed by atoms with Crippen LogP contribution < -0.4 is 5.32 Å². The van der Waals surface area contributed by atoms with Crippen LogP contribution >= 0.6 is 39.5 Å². The van der Waals surface area contributed by atoms with Crippen LogP contribution in [0.25, 0.3) is 0 Å². The minimum Gasteiger partial charge on any atom is -0.370 e. The number of pyridine rings is 1. The van der Waals surface area contributed by atoms with Crippen LogP contribution in [0.15, 0.2) is 44.1 Å². The van der Waals surface area contributed by atoms with Gasteiger partial charge in [0.15, 0.2) is 5.16 Å².